The smallest absolute Gasteiger partial charge is 0.259 e. The first-order valence-electron chi connectivity index (χ1n) is 10.2. The van der Waals surface area contributed by atoms with Gasteiger partial charge in [-0.25, -0.2) is 0 Å². The standard InChI is InChI=1S/C24H27ClN2O4/c1-15(2)26-23(29)12-27-22(18-5-4-6-19(25)9-18)10-17-7-8-20(11-21(17)24(27)30)31-14-16(3)13-28/h4-11,15-16,28H,12-14H2,1-3H3,(H,26,29)/t16-/m0/s1. The lowest BCUT2D eigenvalue weighted by Crippen LogP contribution is -2.36. The first-order valence-corrected chi connectivity index (χ1v) is 10.6. The van der Waals surface area contributed by atoms with Gasteiger partial charge < -0.3 is 15.2 Å². The maximum atomic E-state index is 13.4. The molecule has 3 aromatic rings. The summed E-state index contributed by atoms with van der Waals surface area (Å²) in [6.07, 6.45) is 0. The van der Waals surface area contributed by atoms with Crippen molar-refractivity contribution >= 4 is 28.3 Å². The number of nitrogens with one attached hydrogen (secondary N) is 1. The fourth-order valence-electron chi connectivity index (χ4n) is 3.26. The molecule has 0 radical (unpaired) electrons. The number of carbonyl (C=O) groups excluding carboxylic acids is 1. The molecule has 1 amide bonds. The monoisotopic (exact) mass is 442 g/mol. The van der Waals surface area contributed by atoms with Crippen LogP contribution in [-0.4, -0.2) is 34.8 Å². The lowest BCUT2D eigenvalue weighted by Gasteiger charge is -2.17. The van der Waals surface area contributed by atoms with Crippen molar-refractivity contribution in [1.82, 2.24) is 9.88 Å². The molecule has 0 saturated carbocycles. The molecule has 2 N–H and O–H groups in total. The Morgan fingerprint density at radius 2 is 1.94 bits per heavy atom. The van der Waals surface area contributed by atoms with Gasteiger partial charge in [-0.15, -0.1) is 0 Å². The Bertz CT molecular complexity index is 1140. The molecule has 0 fully saturated rings. The van der Waals surface area contributed by atoms with E-state index in [1.165, 1.54) is 4.57 Å². The van der Waals surface area contributed by atoms with Gasteiger partial charge in [0.25, 0.3) is 5.56 Å². The Balaban J connectivity index is 2.11. The molecule has 164 valence electrons. The first kappa shape index (κ1) is 22.8. The molecule has 1 aromatic heterocycles. The summed E-state index contributed by atoms with van der Waals surface area (Å²) in [5, 5.41) is 13.8. The average molecular weight is 443 g/mol. The van der Waals surface area contributed by atoms with E-state index in [-0.39, 0.29) is 36.6 Å². The number of amides is 1. The fourth-order valence-corrected chi connectivity index (χ4v) is 3.45. The number of benzene rings is 2. The molecule has 0 unspecified atom stereocenters. The summed E-state index contributed by atoms with van der Waals surface area (Å²) in [5.74, 6) is 0.278. The van der Waals surface area contributed by atoms with Gasteiger partial charge in [-0.05, 0) is 55.1 Å². The molecule has 31 heavy (non-hydrogen) atoms. The van der Waals surface area contributed by atoms with Gasteiger partial charge in [-0.2, -0.15) is 0 Å². The molecule has 0 saturated heterocycles. The summed E-state index contributed by atoms with van der Waals surface area (Å²) in [6.45, 7) is 5.87. The number of hydrogen-bond acceptors (Lipinski definition) is 4. The third kappa shape index (κ3) is 5.66. The van der Waals surface area contributed by atoms with Crippen LogP contribution < -0.4 is 15.6 Å². The summed E-state index contributed by atoms with van der Waals surface area (Å²) >= 11 is 6.17. The number of halogens is 1. The van der Waals surface area contributed by atoms with E-state index in [9.17, 15) is 14.7 Å². The molecule has 6 nitrogen and oxygen atoms in total. The highest BCUT2D eigenvalue weighted by Gasteiger charge is 2.16. The van der Waals surface area contributed by atoms with Crippen LogP contribution in [0.5, 0.6) is 5.75 Å². The van der Waals surface area contributed by atoms with Gasteiger partial charge in [0.15, 0.2) is 0 Å². The molecule has 1 atom stereocenters. The molecule has 0 bridgehead atoms. The summed E-state index contributed by atoms with van der Waals surface area (Å²) in [4.78, 5) is 25.9. The maximum absolute atomic E-state index is 13.4. The number of fused-ring (bicyclic) bond motifs is 1. The van der Waals surface area contributed by atoms with Gasteiger partial charge in [0, 0.05) is 23.6 Å². The van der Waals surface area contributed by atoms with Crippen molar-refractivity contribution in [1.29, 1.82) is 0 Å². The van der Waals surface area contributed by atoms with Crippen molar-refractivity contribution in [2.75, 3.05) is 13.2 Å². The van der Waals surface area contributed by atoms with Crippen LogP contribution >= 0.6 is 11.6 Å². The number of aliphatic hydroxyl groups excluding tert-OH is 1. The molecule has 0 aliphatic rings. The first-order chi connectivity index (χ1) is 14.8. The number of aliphatic hydroxyl groups is 1. The van der Waals surface area contributed by atoms with Crippen molar-refractivity contribution in [2.24, 2.45) is 5.92 Å². The van der Waals surface area contributed by atoms with Crippen molar-refractivity contribution in [3.05, 3.63) is 63.9 Å². The lowest BCUT2D eigenvalue weighted by atomic mass is 10.1. The number of nitrogens with zero attached hydrogens (tertiary/aromatic N) is 1. The minimum absolute atomic E-state index is 0.0164. The largest absolute Gasteiger partial charge is 0.493 e. The number of rotatable bonds is 8. The van der Waals surface area contributed by atoms with Gasteiger partial charge >= 0.3 is 0 Å². The van der Waals surface area contributed by atoms with E-state index in [2.05, 4.69) is 5.32 Å². The second kappa shape index (κ2) is 9.98. The molecular formula is C24H27ClN2O4. The highest BCUT2D eigenvalue weighted by atomic mass is 35.5. The molecule has 2 aromatic carbocycles. The third-order valence-corrected chi connectivity index (χ3v) is 5.04. The number of hydrogen-bond donors (Lipinski definition) is 2. The predicted octanol–water partition coefficient (Wildman–Crippen LogP) is 3.85. The molecular weight excluding hydrogens is 416 g/mol. The van der Waals surface area contributed by atoms with Crippen molar-refractivity contribution in [3.8, 4) is 17.0 Å². The molecule has 7 heteroatoms. The van der Waals surface area contributed by atoms with Crippen LogP contribution in [-0.2, 0) is 11.3 Å². The topological polar surface area (TPSA) is 80.6 Å². The molecule has 0 spiro atoms. The van der Waals surface area contributed by atoms with E-state index in [0.717, 1.165) is 10.9 Å². The van der Waals surface area contributed by atoms with Crippen LogP contribution in [0.1, 0.15) is 20.8 Å². The van der Waals surface area contributed by atoms with Gasteiger partial charge in [0.1, 0.15) is 12.3 Å². The summed E-state index contributed by atoms with van der Waals surface area (Å²) in [7, 11) is 0. The van der Waals surface area contributed by atoms with Gasteiger partial charge in [0.05, 0.1) is 17.7 Å². The number of ether oxygens (including phenoxy) is 1. The van der Waals surface area contributed by atoms with E-state index in [1.54, 1.807) is 24.3 Å². The Morgan fingerprint density at radius 1 is 1.16 bits per heavy atom. The highest BCUT2D eigenvalue weighted by Crippen LogP contribution is 2.27. The zero-order chi connectivity index (χ0) is 22.5. The van der Waals surface area contributed by atoms with Gasteiger partial charge in [-0.3, -0.25) is 14.2 Å². The lowest BCUT2D eigenvalue weighted by molar-refractivity contribution is -0.122. The molecule has 1 heterocycles. The van der Waals surface area contributed by atoms with E-state index in [0.29, 0.717) is 28.5 Å². The van der Waals surface area contributed by atoms with Crippen molar-refractivity contribution < 1.29 is 14.6 Å². The van der Waals surface area contributed by atoms with E-state index < -0.39 is 0 Å². The zero-order valence-electron chi connectivity index (χ0n) is 17.9. The summed E-state index contributed by atoms with van der Waals surface area (Å²) in [6, 6.07) is 14.3. The minimum atomic E-state index is -0.285. The van der Waals surface area contributed by atoms with E-state index in [4.69, 9.17) is 16.3 Å². The Hall–Kier alpha value is -2.83. The Morgan fingerprint density at radius 3 is 2.61 bits per heavy atom. The second-order valence-corrected chi connectivity index (χ2v) is 8.44. The zero-order valence-corrected chi connectivity index (χ0v) is 18.6. The van der Waals surface area contributed by atoms with Crippen molar-refractivity contribution in [2.45, 2.75) is 33.4 Å². The number of aromatic nitrogens is 1. The van der Waals surface area contributed by atoms with Crippen molar-refractivity contribution in [3.63, 3.8) is 0 Å². The number of carbonyl (C=O) groups is 1. The summed E-state index contributed by atoms with van der Waals surface area (Å²) < 4.78 is 7.19. The quantitative estimate of drug-likeness (QED) is 0.555. The third-order valence-electron chi connectivity index (χ3n) is 4.80. The maximum Gasteiger partial charge on any atom is 0.259 e. The van der Waals surface area contributed by atoms with Gasteiger partial charge in [0.2, 0.25) is 5.91 Å². The SMILES string of the molecule is CC(C)NC(=O)Cn1c(-c2cccc(Cl)c2)cc2ccc(OC[C@@H](C)CO)cc2c1=O. The minimum Gasteiger partial charge on any atom is -0.493 e. The number of pyridine rings is 1. The van der Waals surface area contributed by atoms with Crippen LogP contribution in [0, 0.1) is 5.92 Å². The van der Waals surface area contributed by atoms with Crippen LogP contribution in [0.15, 0.2) is 53.3 Å². The molecule has 0 aliphatic carbocycles. The van der Waals surface area contributed by atoms with Crippen LogP contribution in [0.25, 0.3) is 22.0 Å². The Labute approximate surface area is 186 Å². The van der Waals surface area contributed by atoms with Gasteiger partial charge in [-0.1, -0.05) is 36.7 Å². The van der Waals surface area contributed by atoms with Crippen LogP contribution in [0.2, 0.25) is 5.02 Å². The fraction of sp³-hybridized carbons (Fsp3) is 0.333. The average Bonchev–Trinajstić information content (AvgIpc) is 2.73. The molecule has 3 rings (SSSR count). The Kier molecular flexibility index (Phi) is 7.36. The highest BCUT2D eigenvalue weighted by molar-refractivity contribution is 6.30. The second-order valence-electron chi connectivity index (χ2n) is 8.00. The molecule has 0 aliphatic heterocycles. The van der Waals surface area contributed by atoms with E-state index in [1.807, 2.05) is 45.0 Å². The van der Waals surface area contributed by atoms with Crippen LogP contribution in [0.3, 0.4) is 0 Å². The van der Waals surface area contributed by atoms with Crippen LogP contribution in [0.4, 0.5) is 0 Å². The normalized spacial score (nSPS) is 12.2. The van der Waals surface area contributed by atoms with E-state index >= 15 is 0 Å². The predicted molar refractivity (Wildman–Crippen MR) is 124 cm³/mol. The summed E-state index contributed by atoms with van der Waals surface area (Å²) in [5.41, 5.74) is 1.08.